The Hall–Kier alpha value is -1.84. The molecule has 0 atom stereocenters. The lowest BCUT2D eigenvalue weighted by molar-refractivity contribution is 0.441. The van der Waals surface area contributed by atoms with E-state index >= 15 is 0 Å². The summed E-state index contributed by atoms with van der Waals surface area (Å²) in [6.45, 7) is 8.40. The molecule has 1 aliphatic rings. The summed E-state index contributed by atoms with van der Waals surface area (Å²) in [5.41, 5.74) is 4.28. The highest BCUT2D eigenvalue weighted by atomic mass is 35.5. The molecule has 0 unspecified atom stereocenters. The second-order valence-electron chi connectivity index (χ2n) is 6.39. The van der Waals surface area contributed by atoms with Gasteiger partial charge in [-0.05, 0) is 67.8 Å². The second kappa shape index (κ2) is 7.37. The highest BCUT2D eigenvalue weighted by Gasteiger charge is 2.18. The second-order valence-corrected chi connectivity index (χ2v) is 6.83. The van der Waals surface area contributed by atoms with Crippen molar-refractivity contribution in [1.82, 2.24) is 10.3 Å². The number of aromatic nitrogens is 1. The van der Waals surface area contributed by atoms with Crippen molar-refractivity contribution < 1.29 is 0 Å². The first kappa shape index (κ1) is 17.0. The van der Waals surface area contributed by atoms with Crippen LogP contribution in [0.4, 0.5) is 5.82 Å². The van der Waals surface area contributed by atoms with Crippen LogP contribution in [0.3, 0.4) is 0 Å². The van der Waals surface area contributed by atoms with Gasteiger partial charge in [0.25, 0.3) is 0 Å². The molecule has 3 nitrogen and oxygen atoms in total. The quantitative estimate of drug-likeness (QED) is 0.899. The van der Waals surface area contributed by atoms with Crippen LogP contribution in [0.25, 0.3) is 5.57 Å². The number of aryl methyl sites for hydroxylation is 1. The molecular weight excluding hydrogens is 318 g/mol. The van der Waals surface area contributed by atoms with E-state index < -0.39 is 0 Å². The third-order valence-electron chi connectivity index (χ3n) is 4.84. The van der Waals surface area contributed by atoms with Crippen LogP contribution in [-0.2, 0) is 0 Å². The third-order valence-corrected chi connectivity index (χ3v) is 5.07. The van der Waals surface area contributed by atoms with Crippen molar-refractivity contribution >= 4 is 23.0 Å². The van der Waals surface area contributed by atoms with Crippen LogP contribution in [0.1, 0.15) is 29.5 Å². The highest BCUT2D eigenvalue weighted by molar-refractivity contribution is 6.30. The summed E-state index contributed by atoms with van der Waals surface area (Å²) in [6.07, 6.45) is 4.25. The highest BCUT2D eigenvalue weighted by Crippen LogP contribution is 2.27. The Bertz CT molecular complexity index is 716. The average Bonchev–Trinajstić information content (AvgIpc) is 2.61. The number of anilines is 1. The summed E-state index contributed by atoms with van der Waals surface area (Å²) in [7, 11) is 2.04. The molecule has 1 aromatic carbocycles. The van der Waals surface area contributed by atoms with Gasteiger partial charge in [-0.15, -0.1) is 0 Å². The lowest BCUT2D eigenvalue weighted by Gasteiger charge is -2.32. The Morgan fingerprint density at radius 3 is 2.58 bits per heavy atom. The zero-order valence-corrected chi connectivity index (χ0v) is 15.1. The van der Waals surface area contributed by atoms with Crippen molar-refractivity contribution in [3.8, 4) is 0 Å². The molecule has 0 aliphatic carbocycles. The number of hydrogen-bond acceptors (Lipinski definition) is 3. The van der Waals surface area contributed by atoms with E-state index in [-0.39, 0.29) is 0 Å². The molecule has 1 N–H and O–H groups in total. The smallest absolute Gasteiger partial charge is 0.128 e. The van der Waals surface area contributed by atoms with Crippen molar-refractivity contribution in [2.45, 2.75) is 25.8 Å². The fraction of sp³-hybridized carbons (Fsp3) is 0.350. The Morgan fingerprint density at radius 2 is 2.00 bits per heavy atom. The predicted octanol–water partition coefficient (Wildman–Crippen LogP) is 4.29. The summed E-state index contributed by atoms with van der Waals surface area (Å²) in [4.78, 5) is 7.02. The predicted molar refractivity (Wildman–Crippen MR) is 103 cm³/mol. The first-order valence-corrected chi connectivity index (χ1v) is 8.80. The molecule has 24 heavy (non-hydrogen) atoms. The molecule has 126 valence electrons. The van der Waals surface area contributed by atoms with Gasteiger partial charge in [0.15, 0.2) is 0 Å². The molecule has 3 rings (SSSR count). The SMILES string of the molecule is C=C(c1ccc(N2CCC(NC)CC2)nc1)c1ccc(Cl)cc1C. The van der Waals surface area contributed by atoms with Crippen LogP contribution in [0.2, 0.25) is 5.02 Å². The fourth-order valence-corrected chi connectivity index (χ4v) is 3.50. The molecule has 0 bridgehead atoms. The number of pyridine rings is 1. The third kappa shape index (κ3) is 3.63. The number of nitrogens with one attached hydrogen (secondary N) is 1. The van der Waals surface area contributed by atoms with Crippen molar-refractivity contribution in [3.05, 3.63) is 64.8 Å². The summed E-state index contributed by atoms with van der Waals surface area (Å²) in [6, 6.07) is 10.7. The Morgan fingerprint density at radius 1 is 1.25 bits per heavy atom. The van der Waals surface area contributed by atoms with Crippen molar-refractivity contribution in [1.29, 1.82) is 0 Å². The van der Waals surface area contributed by atoms with Crippen LogP contribution in [-0.4, -0.2) is 31.2 Å². The van der Waals surface area contributed by atoms with E-state index in [4.69, 9.17) is 11.6 Å². The largest absolute Gasteiger partial charge is 0.357 e. The van der Waals surface area contributed by atoms with Crippen LogP contribution in [0.5, 0.6) is 0 Å². The van der Waals surface area contributed by atoms with E-state index in [0.717, 1.165) is 59.0 Å². The van der Waals surface area contributed by atoms with Crippen LogP contribution in [0, 0.1) is 6.92 Å². The minimum Gasteiger partial charge on any atom is -0.357 e. The van der Waals surface area contributed by atoms with E-state index in [2.05, 4.69) is 40.8 Å². The van der Waals surface area contributed by atoms with E-state index in [1.165, 1.54) is 0 Å². The fourth-order valence-electron chi connectivity index (χ4n) is 3.27. The summed E-state index contributed by atoms with van der Waals surface area (Å²) in [5, 5.41) is 4.11. The first-order valence-electron chi connectivity index (χ1n) is 8.42. The van der Waals surface area contributed by atoms with E-state index in [1.54, 1.807) is 0 Å². The van der Waals surface area contributed by atoms with Gasteiger partial charge in [-0.3, -0.25) is 0 Å². The van der Waals surface area contributed by atoms with Gasteiger partial charge < -0.3 is 10.2 Å². The molecular formula is C20H24ClN3. The zero-order chi connectivity index (χ0) is 17.1. The summed E-state index contributed by atoms with van der Waals surface area (Å²) >= 11 is 6.04. The van der Waals surface area contributed by atoms with Gasteiger partial charge in [0.1, 0.15) is 5.82 Å². The minimum absolute atomic E-state index is 0.633. The number of halogens is 1. The topological polar surface area (TPSA) is 28.2 Å². The van der Waals surface area contributed by atoms with Crippen LogP contribution >= 0.6 is 11.6 Å². The molecule has 1 fully saturated rings. The van der Waals surface area contributed by atoms with E-state index in [1.807, 2.05) is 31.4 Å². The first-order chi connectivity index (χ1) is 11.6. The van der Waals surface area contributed by atoms with E-state index in [9.17, 15) is 0 Å². The van der Waals surface area contributed by atoms with Gasteiger partial charge in [-0.1, -0.05) is 24.2 Å². The Kier molecular flexibility index (Phi) is 5.22. The minimum atomic E-state index is 0.633. The number of rotatable bonds is 4. The molecule has 0 radical (unpaired) electrons. The van der Waals surface area contributed by atoms with E-state index in [0.29, 0.717) is 6.04 Å². The number of hydrogen-bond donors (Lipinski definition) is 1. The lowest BCUT2D eigenvalue weighted by Crippen LogP contribution is -2.41. The number of benzene rings is 1. The molecule has 1 aromatic heterocycles. The molecule has 0 saturated carbocycles. The van der Waals surface area contributed by atoms with Gasteiger partial charge in [-0.2, -0.15) is 0 Å². The van der Waals surface area contributed by atoms with Crippen molar-refractivity contribution in [2.24, 2.45) is 0 Å². The lowest BCUT2D eigenvalue weighted by atomic mass is 9.97. The molecule has 0 amide bonds. The maximum absolute atomic E-state index is 6.04. The van der Waals surface area contributed by atoms with Crippen molar-refractivity contribution in [3.63, 3.8) is 0 Å². The zero-order valence-electron chi connectivity index (χ0n) is 14.3. The molecule has 0 spiro atoms. The maximum Gasteiger partial charge on any atom is 0.128 e. The normalized spacial score (nSPS) is 15.5. The molecule has 2 aromatic rings. The van der Waals surface area contributed by atoms with Crippen LogP contribution < -0.4 is 10.2 Å². The standard InChI is InChI=1S/C20H24ClN3/c1-14-12-17(21)5-6-19(14)15(2)16-4-7-20(23-13-16)24-10-8-18(22-3)9-11-24/h4-7,12-13,18,22H,2,8-11H2,1,3H3. The number of piperidine rings is 1. The van der Waals surface area contributed by atoms with Crippen LogP contribution in [0.15, 0.2) is 43.1 Å². The van der Waals surface area contributed by atoms with Gasteiger partial charge in [0.2, 0.25) is 0 Å². The Balaban J connectivity index is 1.73. The maximum atomic E-state index is 6.04. The molecule has 1 saturated heterocycles. The van der Waals surface area contributed by atoms with Crippen molar-refractivity contribution in [2.75, 3.05) is 25.0 Å². The monoisotopic (exact) mass is 341 g/mol. The molecule has 1 aliphatic heterocycles. The van der Waals surface area contributed by atoms with Gasteiger partial charge in [0, 0.05) is 35.9 Å². The van der Waals surface area contributed by atoms with Gasteiger partial charge in [-0.25, -0.2) is 4.98 Å². The number of nitrogens with zero attached hydrogens (tertiary/aromatic N) is 2. The van der Waals surface area contributed by atoms with Gasteiger partial charge in [0.05, 0.1) is 0 Å². The summed E-state index contributed by atoms with van der Waals surface area (Å²) in [5.74, 6) is 1.05. The molecule has 2 heterocycles. The van der Waals surface area contributed by atoms with Gasteiger partial charge >= 0.3 is 0 Å². The average molecular weight is 342 g/mol. The summed E-state index contributed by atoms with van der Waals surface area (Å²) < 4.78 is 0. The Labute approximate surface area is 149 Å². The molecule has 4 heteroatoms.